The van der Waals surface area contributed by atoms with E-state index in [9.17, 15) is 10.1 Å². The van der Waals surface area contributed by atoms with Crippen LogP contribution in [0.1, 0.15) is 53.8 Å². The molecular formula is C20H17ClN4O. The summed E-state index contributed by atoms with van der Waals surface area (Å²) in [5, 5.41) is 15.2. The maximum absolute atomic E-state index is 12.9. The maximum Gasteiger partial charge on any atom is 0.277 e. The van der Waals surface area contributed by atoms with Gasteiger partial charge < -0.3 is 4.98 Å². The van der Waals surface area contributed by atoms with Gasteiger partial charge in [0.25, 0.3) is 5.56 Å². The number of hydrogen-bond acceptors (Lipinski definition) is 3. The first-order chi connectivity index (χ1) is 12.6. The van der Waals surface area contributed by atoms with Crippen molar-refractivity contribution in [3.8, 4) is 6.07 Å². The van der Waals surface area contributed by atoms with Crippen molar-refractivity contribution in [1.29, 1.82) is 5.26 Å². The summed E-state index contributed by atoms with van der Waals surface area (Å²) >= 11 is 6.03. The average molecular weight is 365 g/mol. The second-order valence-electron chi connectivity index (χ2n) is 7.28. The molecule has 1 saturated carbocycles. The zero-order valence-electron chi connectivity index (χ0n) is 14.2. The molecular weight excluding hydrogens is 348 g/mol. The molecule has 5 rings (SSSR count). The quantitative estimate of drug-likeness (QED) is 0.756. The Morgan fingerprint density at radius 1 is 1.19 bits per heavy atom. The number of halogens is 1. The lowest BCUT2D eigenvalue weighted by Gasteiger charge is -2.14. The van der Waals surface area contributed by atoms with E-state index in [0.717, 1.165) is 55.3 Å². The van der Waals surface area contributed by atoms with Crippen LogP contribution in [0.5, 0.6) is 0 Å². The van der Waals surface area contributed by atoms with Crippen LogP contribution >= 0.6 is 11.6 Å². The second-order valence-corrected chi connectivity index (χ2v) is 7.72. The minimum Gasteiger partial charge on any atom is -0.342 e. The van der Waals surface area contributed by atoms with Crippen molar-refractivity contribution < 1.29 is 0 Å². The van der Waals surface area contributed by atoms with Gasteiger partial charge >= 0.3 is 0 Å². The lowest BCUT2D eigenvalue weighted by Crippen LogP contribution is -2.25. The molecule has 2 aromatic heterocycles. The monoisotopic (exact) mass is 364 g/mol. The Morgan fingerprint density at radius 2 is 1.92 bits per heavy atom. The number of aryl methyl sites for hydroxylation is 1. The summed E-state index contributed by atoms with van der Waals surface area (Å²) in [6.45, 7) is 0. The number of aromatic amines is 1. The molecule has 26 heavy (non-hydrogen) atoms. The molecule has 1 aromatic carbocycles. The fraction of sp³-hybridized carbons (Fsp3) is 0.350. The van der Waals surface area contributed by atoms with E-state index in [-0.39, 0.29) is 11.0 Å². The van der Waals surface area contributed by atoms with Gasteiger partial charge in [-0.3, -0.25) is 4.79 Å². The summed E-state index contributed by atoms with van der Waals surface area (Å²) < 4.78 is 1.41. The van der Waals surface area contributed by atoms with E-state index < -0.39 is 0 Å². The smallest absolute Gasteiger partial charge is 0.277 e. The largest absolute Gasteiger partial charge is 0.342 e. The highest BCUT2D eigenvalue weighted by Gasteiger charge is 2.50. The molecule has 1 fully saturated rings. The van der Waals surface area contributed by atoms with Crippen molar-refractivity contribution in [3.05, 3.63) is 67.7 Å². The molecule has 0 amide bonds. The zero-order valence-corrected chi connectivity index (χ0v) is 14.9. The molecule has 0 saturated heterocycles. The van der Waals surface area contributed by atoms with Crippen LogP contribution in [-0.4, -0.2) is 14.6 Å². The van der Waals surface area contributed by atoms with Gasteiger partial charge in [0.1, 0.15) is 11.6 Å². The third-order valence-corrected chi connectivity index (χ3v) is 6.04. The molecule has 0 radical (unpaired) electrons. The third-order valence-electron chi connectivity index (χ3n) is 5.78. The molecule has 130 valence electrons. The van der Waals surface area contributed by atoms with Crippen LogP contribution in [0.4, 0.5) is 0 Å². The number of rotatable bonds is 2. The maximum atomic E-state index is 12.9. The molecule has 1 N–H and O–H groups in total. The Hall–Kier alpha value is -2.58. The van der Waals surface area contributed by atoms with Crippen LogP contribution in [0.15, 0.2) is 29.1 Å². The third kappa shape index (κ3) is 2.09. The number of fused-ring (bicyclic) bond motifs is 2. The van der Waals surface area contributed by atoms with E-state index in [1.165, 1.54) is 4.52 Å². The van der Waals surface area contributed by atoms with Crippen molar-refractivity contribution in [2.45, 2.75) is 43.9 Å². The number of hydrogen-bond donors (Lipinski definition) is 1. The summed E-state index contributed by atoms with van der Waals surface area (Å²) in [5.74, 6) is 0. The second kappa shape index (κ2) is 5.46. The fourth-order valence-corrected chi connectivity index (χ4v) is 4.35. The first-order valence-electron chi connectivity index (χ1n) is 8.97. The molecule has 0 unspecified atom stereocenters. The minimum absolute atomic E-state index is 0.0805. The highest BCUT2D eigenvalue weighted by Crippen LogP contribution is 2.54. The van der Waals surface area contributed by atoms with Crippen molar-refractivity contribution in [2.75, 3.05) is 0 Å². The normalized spacial score (nSPS) is 17.7. The lowest BCUT2D eigenvalue weighted by molar-refractivity contribution is 0.649. The predicted molar refractivity (Wildman–Crippen MR) is 98.6 cm³/mol. The zero-order chi connectivity index (χ0) is 17.9. The van der Waals surface area contributed by atoms with Crippen LogP contribution in [0, 0.1) is 11.3 Å². The van der Waals surface area contributed by atoms with Gasteiger partial charge in [-0.1, -0.05) is 23.7 Å². The van der Waals surface area contributed by atoms with Crippen LogP contribution < -0.4 is 5.56 Å². The predicted octanol–water partition coefficient (Wildman–Crippen LogP) is 3.51. The number of aromatic nitrogens is 3. The lowest BCUT2D eigenvalue weighted by atomic mass is 9.90. The number of benzene rings is 1. The Balaban J connectivity index is 1.77. The summed E-state index contributed by atoms with van der Waals surface area (Å²) in [6.07, 6.45) is 5.56. The minimum atomic E-state index is -0.289. The standard InChI is InChI=1S/C20H17ClN4O/c21-13-7-5-12(6-8-13)20(9-10-20)17-15(11-22)18-23-16-4-2-1-3-14(16)19(26)25(18)24-17/h5-8,23H,1-4,9-10H2. The van der Waals surface area contributed by atoms with E-state index in [0.29, 0.717) is 21.9 Å². The van der Waals surface area contributed by atoms with E-state index in [2.05, 4.69) is 16.2 Å². The molecule has 0 atom stereocenters. The van der Waals surface area contributed by atoms with Gasteiger partial charge in [-0.2, -0.15) is 14.9 Å². The Morgan fingerprint density at radius 3 is 2.62 bits per heavy atom. The van der Waals surface area contributed by atoms with Crippen LogP contribution in [0.2, 0.25) is 5.02 Å². The summed E-state index contributed by atoms with van der Waals surface area (Å²) in [4.78, 5) is 16.3. The number of nitrogens with zero attached hydrogens (tertiary/aromatic N) is 3. The highest BCUT2D eigenvalue weighted by atomic mass is 35.5. The molecule has 2 aliphatic rings. The summed E-state index contributed by atoms with van der Waals surface area (Å²) in [7, 11) is 0. The topological polar surface area (TPSA) is 74.0 Å². The van der Waals surface area contributed by atoms with E-state index in [4.69, 9.17) is 11.6 Å². The summed E-state index contributed by atoms with van der Waals surface area (Å²) in [6, 6.07) is 10.0. The number of H-pyrrole nitrogens is 1. The first kappa shape index (κ1) is 15.7. The van der Waals surface area contributed by atoms with Crippen molar-refractivity contribution in [2.24, 2.45) is 0 Å². The molecule has 3 aromatic rings. The van der Waals surface area contributed by atoms with Crippen LogP contribution in [0.25, 0.3) is 5.65 Å². The van der Waals surface area contributed by atoms with Gasteiger partial charge in [0.2, 0.25) is 0 Å². The Bertz CT molecular complexity index is 1130. The summed E-state index contributed by atoms with van der Waals surface area (Å²) in [5.41, 5.74) is 4.24. The van der Waals surface area contributed by atoms with Gasteiger partial charge in [0.05, 0.1) is 5.69 Å². The molecule has 2 aliphatic carbocycles. The van der Waals surface area contributed by atoms with Crippen LogP contribution in [0.3, 0.4) is 0 Å². The van der Waals surface area contributed by atoms with Crippen molar-refractivity contribution >= 4 is 17.2 Å². The Kier molecular flexibility index (Phi) is 3.29. The molecule has 6 heteroatoms. The van der Waals surface area contributed by atoms with E-state index in [1.54, 1.807) is 0 Å². The number of nitriles is 1. The highest BCUT2D eigenvalue weighted by molar-refractivity contribution is 6.30. The molecule has 2 heterocycles. The SMILES string of the molecule is N#Cc1c(C2(c3ccc(Cl)cc3)CC2)nn2c(=O)c3c([nH]c12)CCCC3. The van der Waals surface area contributed by atoms with E-state index in [1.807, 2.05) is 24.3 Å². The fourth-order valence-electron chi connectivity index (χ4n) is 4.23. The first-order valence-corrected chi connectivity index (χ1v) is 9.35. The molecule has 0 spiro atoms. The van der Waals surface area contributed by atoms with Gasteiger partial charge in [-0.25, -0.2) is 0 Å². The average Bonchev–Trinajstić information content (AvgIpc) is 3.38. The molecule has 0 bridgehead atoms. The van der Waals surface area contributed by atoms with E-state index >= 15 is 0 Å². The van der Waals surface area contributed by atoms with Gasteiger partial charge in [-0.15, -0.1) is 0 Å². The van der Waals surface area contributed by atoms with Gasteiger partial charge in [-0.05, 0) is 56.2 Å². The molecule has 5 nitrogen and oxygen atoms in total. The number of nitrogens with one attached hydrogen (secondary N) is 1. The van der Waals surface area contributed by atoms with Crippen molar-refractivity contribution in [3.63, 3.8) is 0 Å². The Labute approximate surface area is 155 Å². The van der Waals surface area contributed by atoms with Gasteiger partial charge in [0.15, 0.2) is 5.65 Å². The molecule has 0 aliphatic heterocycles. The van der Waals surface area contributed by atoms with Gasteiger partial charge in [0, 0.05) is 21.7 Å². The van der Waals surface area contributed by atoms with Crippen LogP contribution in [-0.2, 0) is 18.3 Å². The van der Waals surface area contributed by atoms with Crippen molar-refractivity contribution in [1.82, 2.24) is 14.6 Å².